The molecule has 10 nitrogen and oxygen atoms in total. The topological polar surface area (TPSA) is 99.5 Å². The second kappa shape index (κ2) is 10.7. The van der Waals surface area contributed by atoms with Crippen LogP contribution in [-0.4, -0.2) is 61.5 Å². The molecule has 0 aliphatic carbocycles. The van der Waals surface area contributed by atoms with Gasteiger partial charge in [-0.2, -0.15) is 0 Å². The lowest BCUT2D eigenvalue weighted by atomic mass is 9.90. The Balaban J connectivity index is 1.46. The lowest BCUT2D eigenvalue weighted by Crippen LogP contribution is -2.66. The van der Waals surface area contributed by atoms with Gasteiger partial charge in [-0.1, -0.05) is 54.6 Å². The van der Waals surface area contributed by atoms with Gasteiger partial charge in [-0.05, 0) is 33.5 Å². The molecule has 2 atom stereocenters. The van der Waals surface area contributed by atoms with Crippen molar-refractivity contribution < 1.29 is 28.5 Å². The van der Waals surface area contributed by atoms with Crippen LogP contribution < -0.4 is 15.2 Å². The maximum atomic E-state index is 14.0. The van der Waals surface area contributed by atoms with Gasteiger partial charge in [0.15, 0.2) is 5.69 Å². The normalized spacial score (nSPS) is 19.2. The van der Waals surface area contributed by atoms with Crippen molar-refractivity contribution in [2.24, 2.45) is 0 Å². The number of fused-ring (bicyclic) bond motifs is 6. The van der Waals surface area contributed by atoms with Crippen LogP contribution >= 0.6 is 11.8 Å². The van der Waals surface area contributed by atoms with E-state index in [4.69, 9.17) is 14.2 Å². The lowest BCUT2D eigenvalue weighted by Gasteiger charge is -2.51. The molecule has 0 spiro atoms. The molecule has 1 aromatic heterocycles. The molecule has 42 heavy (non-hydrogen) atoms. The summed E-state index contributed by atoms with van der Waals surface area (Å²) in [5.74, 6) is 0.217. The first-order valence-corrected chi connectivity index (χ1v) is 14.5. The summed E-state index contributed by atoms with van der Waals surface area (Å²) in [5.41, 5.74) is 2.96. The maximum Gasteiger partial charge on any atom is 0.510 e. The van der Waals surface area contributed by atoms with E-state index in [1.807, 2.05) is 18.2 Å². The van der Waals surface area contributed by atoms with Gasteiger partial charge < -0.3 is 23.8 Å². The highest BCUT2D eigenvalue weighted by Gasteiger charge is 2.46. The highest BCUT2D eigenvalue weighted by atomic mass is 32.2. The predicted octanol–water partition coefficient (Wildman–Crippen LogP) is 4.27. The van der Waals surface area contributed by atoms with Gasteiger partial charge in [-0.3, -0.25) is 19.3 Å². The first-order chi connectivity index (χ1) is 20.6. The lowest BCUT2D eigenvalue weighted by molar-refractivity contribution is -0.0209. The average Bonchev–Trinajstić information content (AvgIpc) is 3.19. The summed E-state index contributed by atoms with van der Waals surface area (Å²) in [6.07, 6.45) is 0.190. The van der Waals surface area contributed by atoms with Gasteiger partial charge in [0.05, 0.1) is 26.4 Å². The molecule has 2 unspecified atom stereocenters. The van der Waals surface area contributed by atoms with Crippen LogP contribution in [0, 0.1) is 0 Å². The van der Waals surface area contributed by atoms with E-state index in [1.165, 1.54) is 24.1 Å². The van der Waals surface area contributed by atoms with Crippen molar-refractivity contribution in [2.45, 2.75) is 22.9 Å². The Bertz CT molecular complexity index is 1770. The number of aromatic nitrogens is 1. The molecule has 0 bridgehead atoms. The van der Waals surface area contributed by atoms with Crippen molar-refractivity contribution in [3.63, 3.8) is 0 Å². The summed E-state index contributed by atoms with van der Waals surface area (Å²) >= 11 is 1.78. The predicted molar refractivity (Wildman–Crippen MR) is 155 cm³/mol. The second-order valence-electron chi connectivity index (χ2n) is 10.1. The van der Waals surface area contributed by atoms with Gasteiger partial charge in [0.2, 0.25) is 18.0 Å². The molecule has 0 N–H and O–H groups in total. The highest BCUT2D eigenvalue weighted by molar-refractivity contribution is 7.98. The molecular weight excluding hydrogens is 558 g/mol. The molecule has 7 rings (SSSR count). The largest absolute Gasteiger partial charge is 0.510 e. The van der Waals surface area contributed by atoms with Gasteiger partial charge in [0.25, 0.3) is 5.91 Å². The molecule has 0 radical (unpaired) electrons. The van der Waals surface area contributed by atoms with E-state index in [0.717, 1.165) is 27.2 Å². The van der Waals surface area contributed by atoms with Crippen molar-refractivity contribution in [3.05, 3.63) is 106 Å². The van der Waals surface area contributed by atoms with Gasteiger partial charge >= 0.3 is 6.16 Å². The molecule has 3 aliphatic rings. The van der Waals surface area contributed by atoms with Crippen LogP contribution in [0.3, 0.4) is 0 Å². The molecule has 3 aromatic carbocycles. The van der Waals surface area contributed by atoms with E-state index in [0.29, 0.717) is 13.2 Å². The molecule has 3 aliphatic heterocycles. The van der Waals surface area contributed by atoms with E-state index < -0.39 is 24.5 Å². The molecule has 1 saturated heterocycles. The average molecular weight is 586 g/mol. The van der Waals surface area contributed by atoms with Gasteiger partial charge in [0.1, 0.15) is 6.17 Å². The van der Waals surface area contributed by atoms with Gasteiger partial charge in [-0.15, -0.1) is 11.8 Å². The van der Waals surface area contributed by atoms with E-state index in [2.05, 4.69) is 52.2 Å². The van der Waals surface area contributed by atoms with E-state index >= 15 is 0 Å². The summed E-state index contributed by atoms with van der Waals surface area (Å²) in [6, 6.07) is 22.0. The molecular formula is C31H27N3O7S. The molecule has 4 heterocycles. The van der Waals surface area contributed by atoms with Gasteiger partial charge in [0, 0.05) is 29.5 Å². The standard InChI is InChI=1S/C31H27N3O7S/c1-38-31(37)41-18-40-29-24(35)12-13-33-28(29)30(36)32-14-15-39-16-26(32)34(33)27-21-11-10-19-6-2-3-7-20(19)23(21)17-42-25-9-5-4-8-22(25)27/h2-13,26-27H,14-18H2,1H3. The number of hydrogen-bond acceptors (Lipinski definition) is 9. The zero-order valence-corrected chi connectivity index (χ0v) is 23.5. The monoisotopic (exact) mass is 585 g/mol. The first-order valence-electron chi connectivity index (χ1n) is 13.6. The quantitative estimate of drug-likeness (QED) is 0.257. The van der Waals surface area contributed by atoms with Crippen LogP contribution in [0.25, 0.3) is 10.8 Å². The Morgan fingerprint density at radius 1 is 1.02 bits per heavy atom. The summed E-state index contributed by atoms with van der Waals surface area (Å²) in [6.45, 7) is 0.409. The molecule has 4 aromatic rings. The number of benzene rings is 3. The summed E-state index contributed by atoms with van der Waals surface area (Å²) < 4.78 is 22.7. The Labute approximate surface area is 245 Å². The number of methoxy groups -OCH3 is 1. The van der Waals surface area contributed by atoms with Crippen LogP contribution in [0.15, 0.2) is 82.6 Å². The number of morpholine rings is 1. The summed E-state index contributed by atoms with van der Waals surface area (Å²) in [7, 11) is 1.17. The molecule has 1 fully saturated rings. The Kier molecular flexibility index (Phi) is 6.75. The molecule has 1 amide bonds. The minimum atomic E-state index is -0.961. The van der Waals surface area contributed by atoms with Crippen molar-refractivity contribution in [1.82, 2.24) is 9.58 Å². The fourth-order valence-electron chi connectivity index (χ4n) is 6.06. The Hall–Kier alpha value is -4.48. The highest BCUT2D eigenvalue weighted by Crippen LogP contribution is 2.46. The minimum Gasteiger partial charge on any atom is -0.451 e. The SMILES string of the molecule is COC(=O)OCOc1c2n(ccc1=O)N(C1c3ccccc3SCc3c1ccc1ccccc31)C1COCCN1C2=O. The van der Waals surface area contributed by atoms with Crippen LogP contribution in [0.2, 0.25) is 0 Å². The van der Waals surface area contributed by atoms with E-state index in [-0.39, 0.29) is 30.0 Å². The molecule has 214 valence electrons. The van der Waals surface area contributed by atoms with Crippen LogP contribution in [-0.2, 0) is 20.0 Å². The van der Waals surface area contributed by atoms with Crippen LogP contribution in [0.1, 0.15) is 33.2 Å². The molecule has 0 saturated carbocycles. The second-order valence-corrected chi connectivity index (χ2v) is 11.1. The zero-order chi connectivity index (χ0) is 28.8. The number of rotatable bonds is 4. The number of thioether (sulfide) groups is 1. The third-order valence-corrected chi connectivity index (χ3v) is 9.04. The number of ether oxygens (including phenoxy) is 4. The Morgan fingerprint density at radius 3 is 2.74 bits per heavy atom. The number of amides is 1. The molecule has 11 heteroatoms. The fourth-order valence-corrected chi connectivity index (χ4v) is 7.21. The maximum absolute atomic E-state index is 14.0. The van der Waals surface area contributed by atoms with Crippen molar-refractivity contribution in [3.8, 4) is 5.75 Å². The zero-order valence-electron chi connectivity index (χ0n) is 22.7. The smallest absolute Gasteiger partial charge is 0.451 e. The number of carbonyl (C=O) groups excluding carboxylic acids is 2. The van der Waals surface area contributed by atoms with Crippen LogP contribution in [0.4, 0.5) is 4.79 Å². The van der Waals surface area contributed by atoms with Crippen LogP contribution in [0.5, 0.6) is 5.75 Å². The van der Waals surface area contributed by atoms with Crippen molar-refractivity contribution in [1.29, 1.82) is 0 Å². The number of pyridine rings is 1. The minimum absolute atomic E-state index is 0.0610. The Morgan fingerprint density at radius 2 is 1.86 bits per heavy atom. The van der Waals surface area contributed by atoms with Gasteiger partial charge in [-0.25, -0.2) is 4.79 Å². The summed E-state index contributed by atoms with van der Waals surface area (Å²) in [4.78, 5) is 41.5. The van der Waals surface area contributed by atoms with Crippen molar-refractivity contribution in [2.75, 3.05) is 38.7 Å². The van der Waals surface area contributed by atoms with E-state index in [1.54, 1.807) is 27.5 Å². The third kappa shape index (κ3) is 4.27. The van der Waals surface area contributed by atoms with Crippen molar-refractivity contribution >= 4 is 34.6 Å². The number of carbonyl (C=O) groups is 2. The first kappa shape index (κ1) is 26.4. The summed E-state index contributed by atoms with van der Waals surface area (Å²) in [5, 5.41) is 4.44. The van der Waals surface area contributed by atoms with E-state index in [9.17, 15) is 14.4 Å². The number of nitrogens with zero attached hydrogens (tertiary/aromatic N) is 3. The third-order valence-electron chi connectivity index (χ3n) is 7.92. The number of hydrogen-bond donors (Lipinski definition) is 0. The fraction of sp³-hybridized carbons (Fsp3) is 0.258.